The molecule has 2 aliphatic rings. The minimum atomic E-state index is 0. The standard InChI is InChI=1S/C20H32N4O3.HI/c1-2-21-20(22-10-4-6-12-23-11-5-3-9-19(23)25)24-13-15-27-18(16-24)17-8-7-14-26-17;/h3,5,9,11,17-18H,2,4,6-8,10,12-16H2,1H3,(H,21,22);1H. The van der Waals surface area contributed by atoms with Crippen LogP contribution in [0.5, 0.6) is 0 Å². The fourth-order valence-electron chi connectivity index (χ4n) is 3.64. The monoisotopic (exact) mass is 504 g/mol. The highest BCUT2D eigenvalue weighted by Crippen LogP contribution is 2.21. The van der Waals surface area contributed by atoms with Crippen molar-refractivity contribution in [2.75, 3.05) is 39.4 Å². The van der Waals surface area contributed by atoms with Crippen molar-refractivity contribution in [3.8, 4) is 0 Å². The molecule has 2 fully saturated rings. The quantitative estimate of drug-likeness (QED) is 0.267. The van der Waals surface area contributed by atoms with Crippen molar-refractivity contribution >= 4 is 29.9 Å². The van der Waals surface area contributed by atoms with Crippen LogP contribution >= 0.6 is 24.0 Å². The van der Waals surface area contributed by atoms with Crippen LogP contribution in [0.4, 0.5) is 0 Å². The molecule has 2 atom stereocenters. The van der Waals surface area contributed by atoms with Gasteiger partial charge in [0.05, 0.1) is 12.7 Å². The number of rotatable bonds is 7. The van der Waals surface area contributed by atoms with Gasteiger partial charge in [0.15, 0.2) is 5.96 Å². The SMILES string of the molecule is CCNC(=NCCCCn1ccccc1=O)N1CCOC(C2CCCO2)C1.I. The van der Waals surface area contributed by atoms with E-state index in [1.807, 2.05) is 12.3 Å². The zero-order valence-corrected chi connectivity index (χ0v) is 19.0. The van der Waals surface area contributed by atoms with Crippen molar-refractivity contribution in [2.45, 2.75) is 51.4 Å². The summed E-state index contributed by atoms with van der Waals surface area (Å²) in [5.74, 6) is 0.959. The van der Waals surface area contributed by atoms with E-state index in [0.29, 0.717) is 6.61 Å². The molecule has 1 aromatic rings. The van der Waals surface area contributed by atoms with Gasteiger partial charge in [-0.2, -0.15) is 0 Å². The summed E-state index contributed by atoms with van der Waals surface area (Å²) >= 11 is 0. The highest BCUT2D eigenvalue weighted by molar-refractivity contribution is 14.0. The summed E-state index contributed by atoms with van der Waals surface area (Å²) in [5.41, 5.74) is 0.0582. The third-order valence-corrected chi connectivity index (χ3v) is 5.08. The summed E-state index contributed by atoms with van der Waals surface area (Å²) in [5, 5.41) is 3.41. The second-order valence-electron chi connectivity index (χ2n) is 7.08. The first kappa shape index (κ1) is 23.2. The average Bonchev–Trinajstić information content (AvgIpc) is 3.23. The Bertz CT molecular complexity index is 661. The van der Waals surface area contributed by atoms with Crippen LogP contribution in [0.25, 0.3) is 0 Å². The van der Waals surface area contributed by atoms with Crippen molar-refractivity contribution in [1.29, 1.82) is 0 Å². The maximum absolute atomic E-state index is 11.7. The molecule has 0 aromatic carbocycles. The van der Waals surface area contributed by atoms with Crippen molar-refractivity contribution in [2.24, 2.45) is 4.99 Å². The maximum Gasteiger partial charge on any atom is 0.250 e. The van der Waals surface area contributed by atoms with Crippen LogP contribution in [0.2, 0.25) is 0 Å². The first-order valence-corrected chi connectivity index (χ1v) is 10.2. The van der Waals surface area contributed by atoms with Gasteiger partial charge in [-0.15, -0.1) is 24.0 Å². The van der Waals surface area contributed by atoms with Crippen molar-refractivity contribution < 1.29 is 9.47 Å². The summed E-state index contributed by atoms with van der Waals surface area (Å²) in [4.78, 5) is 18.8. The van der Waals surface area contributed by atoms with Gasteiger partial charge < -0.3 is 24.3 Å². The number of aliphatic imine (C=N–C) groups is 1. The Labute approximate surface area is 184 Å². The Hall–Kier alpha value is -1.13. The van der Waals surface area contributed by atoms with E-state index in [4.69, 9.17) is 14.5 Å². The molecular weight excluding hydrogens is 471 g/mol. The smallest absolute Gasteiger partial charge is 0.250 e. The summed E-state index contributed by atoms with van der Waals surface area (Å²) in [6.07, 6.45) is 6.31. The third-order valence-electron chi connectivity index (χ3n) is 5.08. The normalized spacial score (nSPS) is 22.8. The lowest BCUT2D eigenvalue weighted by molar-refractivity contribution is -0.0817. The number of aryl methyl sites for hydroxylation is 1. The minimum Gasteiger partial charge on any atom is -0.375 e. The van der Waals surface area contributed by atoms with Gasteiger partial charge in [0.1, 0.15) is 6.10 Å². The second kappa shape index (κ2) is 12.4. The summed E-state index contributed by atoms with van der Waals surface area (Å²) in [6, 6.07) is 5.27. The molecule has 0 radical (unpaired) electrons. The Kier molecular flexibility index (Phi) is 10.3. The Morgan fingerprint density at radius 2 is 2.11 bits per heavy atom. The van der Waals surface area contributed by atoms with Crippen LogP contribution in [0, 0.1) is 0 Å². The third kappa shape index (κ3) is 6.73. The maximum atomic E-state index is 11.7. The Morgan fingerprint density at radius 3 is 2.86 bits per heavy atom. The van der Waals surface area contributed by atoms with Crippen LogP contribution in [-0.2, 0) is 16.0 Å². The van der Waals surface area contributed by atoms with Gasteiger partial charge in [-0.05, 0) is 38.7 Å². The predicted molar refractivity (Wildman–Crippen MR) is 122 cm³/mol. The van der Waals surface area contributed by atoms with E-state index in [0.717, 1.165) is 71.0 Å². The van der Waals surface area contributed by atoms with Crippen molar-refractivity contribution in [3.05, 3.63) is 34.7 Å². The lowest BCUT2D eigenvalue weighted by Gasteiger charge is -2.37. The molecule has 0 aliphatic carbocycles. The second-order valence-corrected chi connectivity index (χ2v) is 7.08. The summed E-state index contributed by atoms with van der Waals surface area (Å²) in [6.45, 7) is 7.69. The Morgan fingerprint density at radius 1 is 1.25 bits per heavy atom. The zero-order valence-electron chi connectivity index (χ0n) is 16.7. The van der Waals surface area contributed by atoms with Gasteiger partial charge >= 0.3 is 0 Å². The molecule has 3 rings (SSSR count). The number of guanidine groups is 1. The lowest BCUT2D eigenvalue weighted by Crippen LogP contribution is -2.53. The highest BCUT2D eigenvalue weighted by atomic mass is 127. The van der Waals surface area contributed by atoms with Crippen LogP contribution < -0.4 is 10.9 Å². The molecule has 3 heterocycles. The molecule has 0 bridgehead atoms. The van der Waals surface area contributed by atoms with Gasteiger partial charge in [0, 0.05) is 51.6 Å². The highest BCUT2D eigenvalue weighted by Gasteiger charge is 2.32. The molecule has 2 unspecified atom stereocenters. The fraction of sp³-hybridized carbons (Fsp3) is 0.700. The number of halogens is 1. The van der Waals surface area contributed by atoms with Gasteiger partial charge in [-0.25, -0.2) is 0 Å². The molecule has 0 amide bonds. The molecule has 0 saturated carbocycles. The van der Waals surface area contributed by atoms with Crippen LogP contribution in [-0.4, -0.2) is 67.0 Å². The number of nitrogens with zero attached hydrogens (tertiary/aromatic N) is 3. The van der Waals surface area contributed by atoms with E-state index in [9.17, 15) is 4.79 Å². The summed E-state index contributed by atoms with van der Waals surface area (Å²) in [7, 11) is 0. The number of ether oxygens (including phenoxy) is 2. The number of hydrogen-bond acceptors (Lipinski definition) is 4. The molecule has 1 N–H and O–H groups in total. The van der Waals surface area contributed by atoms with Gasteiger partial charge in [-0.1, -0.05) is 6.07 Å². The fourth-order valence-corrected chi connectivity index (χ4v) is 3.64. The van der Waals surface area contributed by atoms with Crippen molar-refractivity contribution in [3.63, 3.8) is 0 Å². The van der Waals surface area contributed by atoms with E-state index < -0.39 is 0 Å². The molecule has 2 saturated heterocycles. The van der Waals surface area contributed by atoms with E-state index >= 15 is 0 Å². The number of nitrogens with one attached hydrogen (secondary N) is 1. The number of pyridine rings is 1. The van der Waals surface area contributed by atoms with E-state index in [1.54, 1.807) is 16.7 Å². The predicted octanol–water partition coefficient (Wildman–Crippen LogP) is 2.09. The lowest BCUT2D eigenvalue weighted by atomic mass is 10.1. The number of morpholine rings is 1. The molecule has 28 heavy (non-hydrogen) atoms. The van der Waals surface area contributed by atoms with E-state index in [-0.39, 0.29) is 41.7 Å². The van der Waals surface area contributed by atoms with Gasteiger partial charge in [-0.3, -0.25) is 9.79 Å². The zero-order chi connectivity index (χ0) is 18.9. The van der Waals surface area contributed by atoms with Crippen LogP contribution in [0.3, 0.4) is 0 Å². The van der Waals surface area contributed by atoms with Crippen molar-refractivity contribution in [1.82, 2.24) is 14.8 Å². The van der Waals surface area contributed by atoms with Gasteiger partial charge in [0.25, 0.3) is 0 Å². The van der Waals surface area contributed by atoms with Crippen LogP contribution in [0.15, 0.2) is 34.2 Å². The molecule has 2 aliphatic heterocycles. The number of aromatic nitrogens is 1. The first-order chi connectivity index (χ1) is 13.3. The molecule has 0 spiro atoms. The molecule has 158 valence electrons. The topological polar surface area (TPSA) is 68.1 Å². The van der Waals surface area contributed by atoms with E-state index in [1.165, 1.54) is 0 Å². The first-order valence-electron chi connectivity index (χ1n) is 10.2. The summed E-state index contributed by atoms with van der Waals surface area (Å²) < 4.78 is 13.5. The van der Waals surface area contributed by atoms with Gasteiger partial charge in [0.2, 0.25) is 5.56 Å². The molecular formula is C20H33IN4O3. The molecule has 1 aromatic heterocycles. The number of hydrogen-bond donors (Lipinski definition) is 1. The van der Waals surface area contributed by atoms with Crippen LogP contribution in [0.1, 0.15) is 32.6 Å². The Balaban J connectivity index is 0.00000280. The van der Waals surface area contributed by atoms with E-state index in [2.05, 4.69) is 17.1 Å². The largest absolute Gasteiger partial charge is 0.375 e. The molecule has 8 heteroatoms. The average molecular weight is 504 g/mol. The number of unbranched alkanes of at least 4 members (excludes halogenated alkanes) is 1. The minimum absolute atomic E-state index is 0. The molecule has 7 nitrogen and oxygen atoms in total.